The first-order chi connectivity index (χ1) is 12.2. The van der Waals surface area contributed by atoms with Crippen molar-refractivity contribution in [2.45, 2.75) is 20.4 Å². The fraction of sp³-hybridized carbons (Fsp3) is 0.190. The standard InChI is InChI=1S/C11H13NS.C10H8OS/c1-8-9-5-3-4-6-10(9)13-11(8)7-12-2;1-7-8-4-2-3-5-9(8)12-10(7)6-11/h3-6,12H,7H2,1-2H3;2-6H,1H3. The first-order valence-corrected chi connectivity index (χ1v) is 9.84. The van der Waals surface area contributed by atoms with Gasteiger partial charge in [-0.05, 0) is 54.9 Å². The van der Waals surface area contributed by atoms with Gasteiger partial charge in [-0.2, -0.15) is 0 Å². The number of fused-ring (bicyclic) bond motifs is 2. The number of aldehydes is 1. The lowest BCUT2D eigenvalue weighted by Gasteiger charge is -1.95. The van der Waals surface area contributed by atoms with Gasteiger partial charge in [0.2, 0.25) is 0 Å². The van der Waals surface area contributed by atoms with Crippen LogP contribution in [0.3, 0.4) is 0 Å². The summed E-state index contributed by atoms with van der Waals surface area (Å²) in [6, 6.07) is 16.7. The Balaban J connectivity index is 0.000000146. The Kier molecular flexibility index (Phi) is 5.63. The number of hydrogen-bond acceptors (Lipinski definition) is 4. The van der Waals surface area contributed by atoms with E-state index in [-0.39, 0.29) is 0 Å². The molecule has 0 spiro atoms. The first-order valence-electron chi connectivity index (χ1n) is 8.20. The molecule has 0 saturated heterocycles. The van der Waals surface area contributed by atoms with Crippen molar-refractivity contribution < 1.29 is 4.79 Å². The lowest BCUT2D eigenvalue weighted by atomic mass is 10.1. The molecule has 128 valence electrons. The van der Waals surface area contributed by atoms with Crippen molar-refractivity contribution in [1.29, 1.82) is 0 Å². The zero-order valence-electron chi connectivity index (χ0n) is 14.6. The number of aryl methyl sites for hydroxylation is 2. The van der Waals surface area contributed by atoms with Gasteiger partial charge in [0.15, 0.2) is 6.29 Å². The van der Waals surface area contributed by atoms with Crippen molar-refractivity contribution in [3.8, 4) is 0 Å². The number of hydrogen-bond donors (Lipinski definition) is 1. The quantitative estimate of drug-likeness (QED) is 0.453. The van der Waals surface area contributed by atoms with Gasteiger partial charge in [-0.25, -0.2) is 0 Å². The molecule has 2 nitrogen and oxygen atoms in total. The molecular weight excluding hydrogens is 346 g/mol. The molecule has 2 heterocycles. The van der Waals surface area contributed by atoms with Crippen molar-refractivity contribution in [2.24, 2.45) is 0 Å². The van der Waals surface area contributed by atoms with E-state index in [1.54, 1.807) is 11.3 Å². The van der Waals surface area contributed by atoms with Gasteiger partial charge in [-0.3, -0.25) is 4.79 Å². The maximum absolute atomic E-state index is 10.6. The molecule has 0 fully saturated rings. The third-order valence-corrected chi connectivity index (χ3v) is 6.74. The van der Waals surface area contributed by atoms with Gasteiger partial charge in [0.05, 0.1) is 4.88 Å². The summed E-state index contributed by atoms with van der Waals surface area (Å²) in [5.41, 5.74) is 2.53. The Morgan fingerprint density at radius 3 is 1.96 bits per heavy atom. The van der Waals surface area contributed by atoms with Crippen LogP contribution in [-0.4, -0.2) is 13.3 Å². The third kappa shape index (κ3) is 3.66. The van der Waals surface area contributed by atoms with Gasteiger partial charge in [0.25, 0.3) is 0 Å². The van der Waals surface area contributed by atoms with Gasteiger partial charge >= 0.3 is 0 Å². The summed E-state index contributed by atoms with van der Waals surface area (Å²) in [6.07, 6.45) is 0.931. The maximum Gasteiger partial charge on any atom is 0.160 e. The van der Waals surface area contributed by atoms with E-state index >= 15 is 0 Å². The highest BCUT2D eigenvalue weighted by Crippen LogP contribution is 2.30. The summed E-state index contributed by atoms with van der Waals surface area (Å²) < 4.78 is 2.59. The van der Waals surface area contributed by atoms with Crippen molar-refractivity contribution in [2.75, 3.05) is 7.05 Å². The predicted octanol–water partition coefficient (Wildman–Crippen LogP) is 5.95. The number of carbonyl (C=O) groups excluding carboxylic acids is 1. The fourth-order valence-electron chi connectivity index (χ4n) is 2.86. The molecular formula is C21H21NOS2. The van der Waals surface area contributed by atoms with E-state index in [2.05, 4.69) is 36.5 Å². The second-order valence-electron chi connectivity index (χ2n) is 5.88. The minimum atomic E-state index is 0.844. The fourth-order valence-corrected chi connectivity index (χ4v) is 5.11. The molecule has 0 aliphatic rings. The summed E-state index contributed by atoms with van der Waals surface area (Å²) >= 11 is 3.44. The molecule has 0 radical (unpaired) electrons. The molecule has 0 amide bonds. The molecule has 25 heavy (non-hydrogen) atoms. The maximum atomic E-state index is 10.6. The van der Waals surface area contributed by atoms with Crippen LogP contribution in [0.4, 0.5) is 0 Å². The molecule has 2 aromatic heterocycles. The summed E-state index contributed by atoms with van der Waals surface area (Å²) in [7, 11) is 1.99. The summed E-state index contributed by atoms with van der Waals surface area (Å²) in [5, 5.41) is 5.80. The van der Waals surface area contributed by atoms with Crippen LogP contribution in [0, 0.1) is 13.8 Å². The Morgan fingerprint density at radius 1 is 0.880 bits per heavy atom. The molecule has 0 aliphatic carbocycles. The lowest BCUT2D eigenvalue weighted by Crippen LogP contribution is -2.03. The van der Waals surface area contributed by atoms with Gasteiger partial charge in [0, 0.05) is 20.8 Å². The van der Waals surface area contributed by atoms with Crippen LogP contribution in [0.2, 0.25) is 0 Å². The van der Waals surface area contributed by atoms with Crippen LogP contribution in [0.25, 0.3) is 20.2 Å². The summed E-state index contributed by atoms with van der Waals surface area (Å²) in [5.74, 6) is 0. The Hall–Kier alpha value is -2.01. The van der Waals surface area contributed by atoms with Gasteiger partial charge in [-0.15, -0.1) is 22.7 Å². The highest BCUT2D eigenvalue weighted by molar-refractivity contribution is 7.20. The van der Waals surface area contributed by atoms with E-state index in [9.17, 15) is 4.79 Å². The minimum absolute atomic E-state index is 0.844. The Labute approximate surface area is 156 Å². The van der Waals surface area contributed by atoms with E-state index in [0.717, 1.165) is 23.3 Å². The van der Waals surface area contributed by atoms with Crippen LogP contribution in [0.1, 0.15) is 25.7 Å². The van der Waals surface area contributed by atoms with Crippen LogP contribution in [-0.2, 0) is 6.54 Å². The zero-order chi connectivity index (χ0) is 17.8. The zero-order valence-corrected chi connectivity index (χ0v) is 16.3. The van der Waals surface area contributed by atoms with Gasteiger partial charge in [-0.1, -0.05) is 36.4 Å². The van der Waals surface area contributed by atoms with E-state index in [1.807, 2.05) is 49.6 Å². The second-order valence-corrected chi connectivity index (χ2v) is 8.10. The monoisotopic (exact) mass is 367 g/mol. The largest absolute Gasteiger partial charge is 0.315 e. The van der Waals surface area contributed by atoms with Crippen molar-refractivity contribution in [1.82, 2.24) is 5.32 Å². The van der Waals surface area contributed by atoms with Crippen molar-refractivity contribution in [3.63, 3.8) is 0 Å². The highest BCUT2D eigenvalue weighted by Gasteiger charge is 2.06. The average molecular weight is 368 g/mol. The van der Waals surface area contributed by atoms with Crippen LogP contribution in [0.15, 0.2) is 48.5 Å². The number of nitrogens with one attached hydrogen (secondary N) is 1. The minimum Gasteiger partial charge on any atom is -0.315 e. The number of benzene rings is 2. The van der Waals surface area contributed by atoms with Crippen LogP contribution >= 0.6 is 22.7 Å². The molecule has 0 saturated carbocycles. The molecule has 4 heteroatoms. The molecule has 0 atom stereocenters. The molecule has 0 unspecified atom stereocenters. The van der Waals surface area contributed by atoms with Gasteiger partial charge < -0.3 is 5.32 Å². The highest BCUT2D eigenvalue weighted by atomic mass is 32.1. The van der Waals surface area contributed by atoms with Crippen LogP contribution < -0.4 is 5.32 Å². The average Bonchev–Trinajstić information content (AvgIpc) is 3.14. The summed E-state index contributed by atoms with van der Waals surface area (Å²) in [4.78, 5) is 12.9. The topological polar surface area (TPSA) is 29.1 Å². The van der Waals surface area contributed by atoms with Crippen molar-refractivity contribution >= 4 is 49.1 Å². The molecule has 2 aromatic carbocycles. The SMILES string of the molecule is CNCc1sc2ccccc2c1C.Cc1c(C=O)sc2ccccc12. The number of carbonyl (C=O) groups is 1. The normalized spacial score (nSPS) is 10.7. The molecule has 1 N–H and O–H groups in total. The molecule has 0 aliphatic heterocycles. The first kappa shape index (κ1) is 17.8. The molecule has 4 rings (SSSR count). The van der Waals surface area contributed by atoms with E-state index in [1.165, 1.54) is 30.6 Å². The third-order valence-electron chi connectivity index (χ3n) is 4.27. The number of thiophene rings is 2. The van der Waals surface area contributed by atoms with E-state index in [0.29, 0.717) is 0 Å². The Bertz CT molecular complexity index is 1010. The lowest BCUT2D eigenvalue weighted by molar-refractivity contribution is 0.112. The molecule has 0 bridgehead atoms. The predicted molar refractivity (Wildman–Crippen MR) is 111 cm³/mol. The smallest absolute Gasteiger partial charge is 0.160 e. The molecule has 4 aromatic rings. The van der Waals surface area contributed by atoms with Crippen LogP contribution in [0.5, 0.6) is 0 Å². The van der Waals surface area contributed by atoms with Crippen molar-refractivity contribution in [3.05, 3.63) is 69.4 Å². The Morgan fingerprint density at radius 2 is 1.44 bits per heavy atom. The second kappa shape index (κ2) is 7.91. The van der Waals surface area contributed by atoms with E-state index < -0.39 is 0 Å². The van der Waals surface area contributed by atoms with E-state index in [4.69, 9.17) is 0 Å². The summed E-state index contributed by atoms with van der Waals surface area (Å²) in [6.45, 7) is 5.17. The number of rotatable bonds is 3. The van der Waals surface area contributed by atoms with Gasteiger partial charge in [0.1, 0.15) is 0 Å².